The monoisotopic (exact) mass is 451 g/mol. The second kappa shape index (κ2) is 9.14. The van der Waals surface area contributed by atoms with Crippen molar-refractivity contribution in [3.05, 3.63) is 53.6 Å². The van der Waals surface area contributed by atoms with E-state index in [9.17, 15) is 13.2 Å². The van der Waals surface area contributed by atoms with Crippen molar-refractivity contribution in [1.82, 2.24) is 4.90 Å². The Morgan fingerprint density at radius 2 is 1.73 bits per heavy atom. The van der Waals surface area contributed by atoms with Crippen molar-refractivity contribution in [3.8, 4) is 5.75 Å². The molecule has 0 radical (unpaired) electrons. The summed E-state index contributed by atoms with van der Waals surface area (Å²) in [6.45, 7) is 3.95. The number of ether oxygens (including phenoxy) is 1. The summed E-state index contributed by atoms with van der Waals surface area (Å²) in [4.78, 5) is 17.0. The van der Waals surface area contributed by atoms with E-state index in [1.807, 2.05) is 24.3 Å². The highest BCUT2D eigenvalue weighted by Crippen LogP contribution is 2.25. The number of piperazine rings is 1. The lowest BCUT2D eigenvalue weighted by atomic mass is 10.2. The molecule has 1 amide bonds. The molecular formula is C21H26ClN3O4S. The number of benzene rings is 2. The Kier molecular flexibility index (Phi) is 6.77. The fourth-order valence-corrected chi connectivity index (χ4v) is 5.01. The third kappa shape index (κ3) is 4.99. The van der Waals surface area contributed by atoms with E-state index in [1.54, 1.807) is 43.2 Å². The van der Waals surface area contributed by atoms with Crippen molar-refractivity contribution >= 4 is 38.9 Å². The zero-order chi connectivity index (χ0) is 21.9. The van der Waals surface area contributed by atoms with Gasteiger partial charge < -0.3 is 14.5 Å². The largest absolute Gasteiger partial charge is 0.497 e. The highest BCUT2D eigenvalue weighted by molar-refractivity contribution is 7.92. The maximum Gasteiger partial charge on any atom is 0.246 e. The van der Waals surface area contributed by atoms with Gasteiger partial charge in [-0.1, -0.05) is 17.7 Å². The lowest BCUT2D eigenvalue weighted by Gasteiger charge is -2.39. The van der Waals surface area contributed by atoms with Crippen LogP contribution in [0.5, 0.6) is 5.75 Å². The quantitative estimate of drug-likeness (QED) is 0.675. The summed E-state index contributed by atoms with van der Waals surface area (Å²) in [6, 6.07) is 13.4. The van der Waals surface area contributed by atoms with Gasteiger partial charge in [-0.15, -0.1) is 0 Å². The van der Waals surface area contributed by atoms with Gasteiger partial charge in [0.15, 0.2) is 0 Å². The summed E-state index contributed by atoms with van der Waals surface area (Å²) in [5.74, 6) is 0.394. The van der Waals surface area contributed by atoms with Crippen LogP contribution in [0.3, 0.4) is 0 Å². The van der Waals surface area contributed by atoms with E-state index in [-0.39, 0.29) is 5.91 Å². The molecule has 0 bridgehead atoms. The second-order valence-electron chi connectivity index (χ2n) is 7.23. The summed E-state index contributed by atoms with van der Waals surface area (Å²) < 4.78 is 31.3. The number of methoxy groups -OCH3 is 1. The van der Waals surface area contributed by atoms with E-state index >= 15 is 0 Å². The van der Waals surface area contributed by atoms with E-state index < -0.39 is 16.1 Å². The van der Waals surface area contributed by atoms with Crippen LogP contribution in [-0.2, 0) is 14.8 Å². The molecule has 1 aliphatic rings. The van der Waals surface area contributed by atoms with E-state index in [1.165, 1.54) is 0 Å². The van der Waals surface area contributed by atoms with Crippen LogP contribution in [-0.4, -0.2) is 64.8 Å². The Morgan fingerprint density at radius 1 is 1.10 bits per heavy atom. The number of nitrogens with zero attached hydrogens (tertiary/aromatic N) is 3. The zero-order valence-corrected chi connectivity index (χ0v) is 18.9. The number of hydrogen-bond acceptors (Lipinski definition) is 5. The molecule has 1 fully saturated rings. The molecule has 2 aromatic rings. The molecule has 1 saturated heterocycles. The van der Waals surface area contributed by atoms with E-state index in [0.29, 0.717) is 42.6 Å². The number of halogens is 1. The van der Waals surface area contributed by atoms with Gasteiger partial charge in [0, 0.05) is 36.9 Å². The number of sulfonamides is 1. The fourth-order valence-electron chi connectivity index (χ4n) is 3.65. The Morgan fingerprint density at radius 3 is 2.27 bits per heavy atom. The molecule has 30 heavy (non-hydrogen) atoms. The highest BCUT2D eigenvalue weighted by Gasteiger charge is 2.33. The molecule has 162 valence electrons. The number of hydrogen-bond donors (Lipinski definition) is 0. The van der Waals surface area contributed by atoms with Gasteiger partial charge in [-0.2, -0.15) is 0 Å². The molecule has 0 saturated carbocycles. The minimum atomic E-state index is -3.66. The first-order valence-corrected chi connectivity index (χ1v) is 11.9. The van der Waals surface area contributed by atoms with E-state index in [2.05, 4.69) is 4.90 Å². The van der Waals surface area contributed by atoms with Crippen LogP contribution in [0, 0.1) is 0 Å². The average molecular weight is 452 g/mol. The van der Waals surface area contributed by atoms with Gasteiger partial charge >= 0.3 is 0 Å². The Labute approximate surface area is 182 Å². The summed E-state index contributed by atoms with van der Waals surface area (Å²) in [5, 5.41) is 0.669. The third-order valence-corrected chi connectivity index (χ3v) is 6.63. The second-order valence-corrected chi connectivity index (χ2v) is 9.52. The molecule has 7 nitrogen and oxygen atoms in total. The highest BCUT2D eigenvalue weighted by atomic mass is 35.5. The van der Waals surface area contributed by atoms with Gasteiger partial charge in [0.2, 0.25) is 15.9 Å². The molecule has 3 rings (SSSR count). The molecule has 0 N–H and O–H groups in total. The topological polar surface area (TPSA) is 70.2 Å². The first-order valence-electron chi connectivity index (χ1n) is 9.63. The van der Waals surface area contributed by atoms with Gasteiger partial charge in [-0.25, -0.2) is 8.42 Å². The molecule has 0 aromatic heterocycles. The van der Waals surface area contributed by atoms with Crippen LogP contribution in [0.15, 0.2) is 48.5 Å². The molecule has 0 spiro atoms. The zero-order valence-electron chi connectivity index (χ0n) is 17.3. The van der Waals surface area contributed by atoms with Crippen molar-refractivity contribution < 1.29 is 17.9 Å². The van der Waals surface area contributed by atoms with Crippen LogP contribution in [0.25, 0.3) is 0 Å². The smallest absolute Gasteiger partial charge is 0.246 e. The predicted octanol–water partition coefficient (Wildman–Crippen LogP) is 2.85. The number of rotatable bonds is 6. The normalized spacial score (nSPS) is 15.6. The van der Waals surface area contributed by atoms with Gasteiger partial charge in [-0.05, 0) is 49.4 Å². The summed E-state index contributed by atoms with van der Waals surface area (Å²) in [5.41, 5.74) is 1.44. The number of carbonyl (C=O) groups is 1. The molecule has 1 aliphatic heterocycles. The predicted molar refractivity (Wildman–Crippen MR) is 120 cm³/mol. The maximum absolute atomic E-state index is 13.1. The van der Waals surface area contributed by atoms with Gasteiger partial charge in [0.1, 0.15) is 11.8 Å². The van der Waals surface area contributed by atoms with Gasteiger partial charge in [-0.3, -0.25) is 9.10 Å². The van der Waals surface area contributed by atoms with Crippen molar-refractivity contribution in [2.24, 2.45) is 0 Å². The van der Waals surface area contributed by atoms with Crippen molar-refractivity contribution in [3.63, 3.8) is 0 Å². The number of carbonyl (C=O) groups excluding carboxylic acids is 1. The van der Waals surface area contributed by atoms with Crippen LogP contribution < -0.4 is 13.9 Å². The number of amides is 1. The Bertz CT molecular complexity index is 990. The lowest BCUT2D eigenvalue weighted by Crippen LogP contribution is -2.55. The minimum absolute atomic E-state index is 0.220. The molecule has 0 unspecified atom stereocenters. The first kappa shape index (κ1) is 22.2. The van der Waals surface area contributed by atoms with Gasteiger partial charge in [0.05, 0.1) is 19.1 Å². The van der Waals surface area contributed by atoms with Crippen molar-refractivity contribution in [1.29, 1.82) is 0 Å². The molecule has 2 aromatic carbocycles. The summed E-state index contributed by atoms with van der Waals surface area (Å²) in [7, 11) is -2.12. The standard InChI is InChI=1S/C21H26ClN3O4S/c1-16(25(30(3,27)28)18-7-9-20(29-2)10-8-18)21(26)24-13-11-23(12-14-24)19-6-4-5-17(22)15-19/h4-10,15-16H,11-14H2,1-3H3/t16-/m1/s1. The van der Waals surface area contributed by atoms with Crippen LogP contribution >= 0.6 is 11.6 Å². The molecule has 0 aliphatic carbocycles. The molecule has 9 heteroatoms. The summed E-state index contributed by atoms with van der Waals surface area (Å²) in [6.07, 6.45) is 1.11. The van der Waals surface area contributed by atoms with Crippen molar-refractivity contribution in [2.75, 3.05) is 48.7 Å². The average Bonchev–Trinajstić information content (AvgIpc) is 2.73. The fraction of sp³-hybridized carbons (Fsp3) is 0.381. The third-order valence-electron chi connectivity index (χ3n) is 5.16. The molecule has 1 heterocycles. The minimum Gasteiger partial charge on any atom is -0.497 e. The lowest BCUT2D eigenvalue weighted by molar-refractivity contribution is -0.132. The maximum atomic E-state index is 13.1. The first-order chi connectivity index (χ1) is 14.2. The van der Waals surface area contributed by atoms with Crippen LogP contribution in [0.2, 0.25) is 5.02 Å². The summed E-state index contributed by atoms with van der Waals surface area (Å²) >= 11 is 6.08. The SMILES string of the molecule is COc1ccc(N([C@H](C)C(=O)N2CCN(c3cccc(Cl)c3)CC2)S(C)(=O)=O)cc1. The van der Waals surface area contributed by atoms with E-state index in [4.69, 9.17) is 16.3 Å². The Hall–Kier alpha value is -2.45. The van der Waals surface area contributed by atoms with Crippen LogP contribution in [0.1, 0.15) is 6.92 Å². The van der Waals surface area contributed by atoms with Crippen LogP contribution in [0.4, 0.5) is 11.4 Å². The molecular weight excluding hydrogens is 426 g/mol. The molecule has 1 atom stereocenters. The number of anilines is 2. The van der Waals surface area contributed by atoms with Crippen molar-refractivity contribution in [2.45, 2.75) is 13.0 Å². The van der Waals surface area contributed by atoms with E-state index in [0.717, 1.165) is 16.2 Å². The Balaban J connectivity index is 1.72. The van der Waals surface area contributed by atoms with Gasteiger partial charge in [0.25, 0.3) is 0 Å².